The Balaban J connectivity index is 1.54. The molecule has 0 amide bonds. The first-order valence-corrected chi connectivity index (χ1v) is 9.76. The summed E-state index contributed by atoms with van der Waals surface area (Å²) in [6.07, 6.45) is 0.894. The van der Waals surface area contributed by atoms with E-state index in [2.05, 4.69) is 15.5 Å². The summed E-state index contributed by atoms with van der Waals surface area (Å²) in [5, 5.41) is 5.96. The van der Waals surface area contributed by atoms with Gasteiger partial charge in [-0.05, 0) is 42.8 Å². The zero-order valence-corrected chi connectivity index (χ0v) is 15.9. The molecule has 0 saturated carbocycles. The lowest BCUT2D eigenvalue weighted by molar-refractivity contribution is 0.297. The summed E-state index contributed by atoms with van der Waals surface area (Å²) in [7, 11) is 0. The third-order valence-electron chi connectivity index (χ3n) is 4.17. The number of aliphatic imine (C=N–C) groups is 1. The van der Waals surface area contributed by atoms with Gasteiger partial charge in [0.25, 0.3) is 0 Å². The van der Waals surface area contributed by atoms with Crippen LogP contribution >= 0.6 is 23.4 Å². The number of ether oxygens (including phenoxy) is 2. The summed E-state index contributed by atoms with van der Waals surface area (Å²) in [5.41, 5.74) is 6.82. The standard InChI is InChI=1S/C19H18ClN3O2S/c1-12-14(20)4-2-5-15(12)21-19-23-22-16(11-26-19)13-6-7-17-18(10-13)25-9-3-8-24-17/h2,4-7,10H,3,8-9,11H2,1H3,(H,21,23). The lowest BCUT2D eigenvalue weighted by atomic mass is 10.1. The van der Waals surface area contributed by atoms with Crippen LogP contribution in [0.2, 0.25) is 5.02 Å². The maximum Gasteiger partial charge on any atom is 0.182 e. The Hall–Kier alpha value is -2.18. The van der Waals surface area contributed by atoms with Crippen molar-refractivity contribution in [3.8, 4) is 11.5 Å². The molecule has 134 valence electrons. The van der Waals surface area contributed by atoms with Crippen LogP contribution in [0, 0.1) is 6.92 Å². The van der Waals surface area contributed by atoms with Gasteiger partial charge in [-0.15, -0.1) is 0 Å². The fraction of sp³-hybridized carbons (Fsp3) is 0.263. The molecule has 0 fully saturated rings. The highest BCUT2D eigenvalue weighted by Crippen LogP contribution is 2.32. The van der Waals surface area contributed by atoms with Crippen LogP contribution in [0.25, 0.3) is 0 Å². The van der Waals surface area contributed by atoms with Crippen LogP contribution < -0.4 is 14.9 Å². The van der Waals surface area contributed by atoms with Crippen LogP contribution in [-0.2, 0) is 0 Å². The van der Waals surface area contributed by atoms with E-state index in [0.717, 1.165) is 51.4 Å². The van der Waals surface area contributed by atoms with E-state index in [1.165, 1.54) is 0 Å². The predicted octanol–water partition coefficient (Wildman–Crippen LogP) is 4.54. The predicted molar refractivity (Wildman–Crippen MR) is 107 cm³/mol. The van der Waals surface area contributed by atoms with Gasteiger partial charge in [0.1, 0.15) is 0 Å². The number of thioether (sulfide) groups is 1. The molecule has 2 aromatic carbocycles. The molecule has 2 aromatic rings. The zero-order chi connectivity index (χ0) is 17.9. The third-order valence-corrected chi connectivity index (χ3v) is 5.46. The molecular formula is C19H18ClN3O2S. The minimum Gasteiger partial charge on any atom is -0.490 e. The zero-order valence-electron chi connectivity index (χ0n) is 14.3. The monoisotopic (exact) mass is 387 g/mol. The second-order valence-corrected chi connectivity index (χ2v) is 7.34. The van der Waals surface area contributed by atoms with Gasteiger partial charge < -0.3 is 9.47 Å². The van der Waals surface area contributed by atoms with Crippen molar-refractivity contribution in [3.05, 3.63) is 52.5 Å². The third kappa shape index (κ3) is 3.66. The molecule has 0 aromatic heterocycles. The Labute approximate surface area is 161 Å². The number of amidine groups is 1. The van der Waals surface area contributed by atoms with Crippen molar-refractivity contribution in [1.29, 1.82) is 0 Å². The largest absolute Gasteiger partial charge is 0.490 e. The number of nitrogens with one attached hydrogen (secondary N) is 1. The van der Waals surface area contributed by atoms with E-state index in [9.17, 15) is 0 Å². The van der Waals surface area contributed by atoms with Gasteiger partial charge in [0.15, 0.2) is 16.7 Å². The molecule has 1 N–H and O–H groups in total. The quantitative estimate of drug-likeness (QED) is 0.822. The van der Waals surface area contributed by atoms with Crippen molar-refractivity contribution in [2.24, 2.45) is 10.1 Å². The van der Waals surface area contributed by atoms with Crippen molar-refractivity contribution in [2.75, 3.05) is 19.0 Å². The highest BCUT2D eigenvalue weighted by atomic mass is 35.5. The van der Waals surface area contributed by atoms with Crippen LogP contribution in [0.5, 0.6) is 11.5 Å². The number of fused-ring (bicyclic) bond motifs is 1. The van der Waals surface area contributed by atoms with Gasteiger partial charge in [-0.3, -0.25) is 5.43 Å². The van der Waals surface area contributed by atoms with Gasteiger partial charge in [0.05, 0.1) is 24.6 Å². The molecule has 0 spiro atoms. The van der Waals surface area contributed by atoms with Crippen LogP contribution in [0.1, 0.15) is 17.5 Å². The fourth-order valence-corrected chi connectivity index (χ4v) is 3.64. The Morgan fingerprint density at radius 2 is 2.00 bits per heavy atom. The van der Waals surface area contributed by atoms with Crippen molar-refractivity contribution in [3.63, 3.8) is 0 Å². The van der Waals surface area contributed by atoms with Crippen molar-refractivity contribution < 1.29 is 9.47 Å². The molecule has 5 nitrogen and oxygen atoms in total. The number of hydrogen-bond donors (Lipinski definition) is 1. The Kier molecular flexibility index (Phi) is 5.04. The Morgan fingerprint density at radius 3 is 2.81 bits per heavy atom. The average molecular weight is 388 g/mol. The molecule has 0 unspecified atom stereocenters. The number of halogens is 1. The highest BCUT2D eigenvalue weighted by Gasteiger charge is 2.17. The maximum absolute atomic E-state index is 6.16. The second-order valence-electron chi connectivity index (χ2n) is 5.97. The number of nitrogens with zero attached hydrogens (tertiary/aromatic N) is 2. The number of hydrogen-bond acceptors (Lipinski definition) is 5. The normalized spacial score (nSPS) is 18.1. The van der Waals surface area contributed by atoms with E-state index < -0.39 is 0 Å². The van der Waals surface area contributed by atoms with Crippen LogP contribution in [0.4, 0.5) is 5.69 Å². The van der Waals surface area contributed by atoms with Crippen molar-refractivity contribution in [2.45, 2.75) is 13.3 Å². The summed E-state index contributed by atoms with van der Waals surface area (Å²) >= 11 is 7.77. The SMILES string of the molecule is Cc1c(Cl)cccc1N=C1NN=C(c2ccc3c(c2)OCCCO3)CS1. The number of rotatable bonds is 2. The Morgan fingerprint density at radius 1 is 1.15 bits per heavy atom. The lowest BCUT2D eigenvalue weighted by Gasteiger charge is -2.16. The summed E-state index contributed by atoms with van der Waals surface area (Å²) in [6.45, 7) is 3.32. The van der Waals surface area contributed by atoms with Crippen molar-refractivity contribution in [1.82, 2.24) is 5.43 Å². The maximum atomic E-state index is 6.16. The van der Waals surface area contributed by atoms with Gasteiger partial charge in [0, 0.05) is 22.8 Å². The van der Waals surface area contributed by atoms with Crippen molar-refractivity contribution >= 4 is 39.9 Å². The van der Waals surface area contributed by atoms with Crippen LogP contribution in [0.3, 0.4) is 0 Å². The first-order chi connectivity index (χ1) is 12.7. The van der Waals surface area contributed by atoms with Gasteiger partial charge in [-0.1, -0.05) is 29.4 Å². The molecule has 2 heterocycles. The summed E-state index contributed by atoms with van der Waals surface area (Å²) in [4.78, 5) is 4.62. The van der Waals surface area contributed by atoms with Gasteiger partial charge in [0.2, 0.25) is 0 Å². The molecule has 2 aliphatic rings. The second kappa shape index (κ2) is 7.60. The molecule has 7 heteroatoms. The van der Waals surface area contributed by atoms with E-state index in [4.69, 9.17) is 21.1 Å². The molecule has 0 aliphatic carbocycles. The summed E-state index contributed by atoms with van der Waals surface area (Å²) < 4.78 is 11.4. The van der Waals surface area contributed by atoms with Gasteiger partial charge >= 0.3 is 0 Å². The van der Waals surface area contributed by atoms with Gasteiger partial charge in [-0.25, -0.2) is 4.99 Å². The van der Waals surface area contributed by atoms with Crippen LogP contribution in [-0.4, -0.2) is 29.8 Å². The Bertz CT molecular complexity index is 898. The molecule has 0 radical (unpaired) electrons. The fourth-order valence-electron chi connectivity index (χ4n) is 2.69. The molecular weight excluding hydrogens is 370 g/mol. The molecule has 26 heavy (non-hydrogen) atoms. The smallest absolute Gasteiger partial charge is 0.182 e. The molecule has 4 rings (SSSR count). The number of hydrazone groups is 1. The molecule has 0 bridgehead atoms. The van der Waals surface area contributed by atoms with E-state index in [1.807, 2.05) is 43.3 Å². The van der Waals surface area contributed by atoms with E-state index in [0.29, 0.717) is 18.2 Å². The minimum atomic E-state index is 0.672. The first-order valence-electron chi connectivity index (χ1n) is 8.40. The molecule has 0 saturated heterocycles. The first kappa shape index (κ1) is 17.2. The lowest BCUT2D eigenvalue weighted by Crippen LogP contribution is -2.25. The molecule has 0 atom stereocenters. The molecule has 2 aliphatic heterocycles. The average Bonchev–Trinajstić information content (AvgIpc) is 2.91. The highest BCUT2D eigenvalue weighted by molar-refractivity contribution is 8.14. The number of benzene rings is 2. The minimum absolute atomic E-state index is 0.672. The van der Waals surface area contributed by atoms with E-state index >= 15 is 0 Å². The summed E-state index contributed by atoms with van der Waals surface area (Å²) in [5.74, 6) is 2.30. The van der Waals surface area contributed by atoms with Gasteiger partial charge in [-0.2, -0.15) is 5.10 Å². The van der Waals surface area contributed by atoms with E-state index in [1.54, 1.807) is 11.8 Å². The van der Waals surface area contributed by atoms with Crippen LogP contribution in [0.15, 0.2) is 46.5 Å². The van der Waals surface area contributed by atoms with E-state index in [-0.39, 0.29) is 0 Å². The topological polar surface area (TPSA) is 55.2 Å². The summed E-state index contributed by atoms with van der Waals surface area (Å²) in [6, 6.07) is 11.7.